The predicted octanol–water partition coefficient (Wildman–Crippen LogP) is 3.00. The predicted molar refractivity (Wildman–Crippen MR) is 96.7 cm³/mol. The molecule has 1 unspecified atom stereocenters. The molecular formula is C20H25N5O. The van der Waals surface area contributed by atoms with Gasteiger partial charge in [0, 0.05) is 12.2 Å². The lowest BCUT2D eigenvalue weighted by molar-refractivity contribution is -0.0688. The minimum absolute atomic E-state index is 0.0223. The van der Waals surface area contributed by atoms with Gasteiger partial charge in [-0.25, -0.2) is 14.6 Å². The molecule has 6 nitrogen and oxygen atoms in total. The second kappa shape index (κ2) is 5.89. The maximum absolute atomic E-state index is 12.8. The van der Waals surface area contributed by atoms with Crippen molar-refractivity contribution in [2.75, 3.05) is 0 Å². The minimum Gasteiger partial charge on any atom is -0.349 e. The number of rotatable bonds is 4. The number of nitrogens with zero attached hydrogens (tertiary/aromatic N) is 4. The summed E-state index contributed by atoms with van der Waals surface area (Å²) in [4.78, 5) is 21.0. The van der Waals surface area contributed by atoms with E-state index in [1.807, 2.05) is 6.07 Å². The Balaban J connectivity index is 1.29. The Morgan fingerprint density at radius 2 is 1.88 bits per heavy atom. The van der Waals surface area contributed by atoms with Gasteiger partial charge in [0.1, 0.15) is 12.7 Å². The molecule has 2 heterocycles. The van der Waals surface area contributed by atoms with Gasteiger partial charge in [0.05, 0.1) is 5.56 Å². The van der Waals surface area contributed by atoms with Crippen molar-refractivity contribution in [3.63, 3.8) is 0 Å². The highest BCUT2D eigenvalue weighted by molar-refractivity contribution is 5.94. The van der Waals surface area contributed by atoms with Gasteiger partial charge in [0.15, 0.2) is 5.82 Å². The van der Waals surface area contributed by atoms with Gasteiger partial charge in [-0.05, 0) is 80.8 Å². The standard InChI is InChI=1S/C20H25N5O/c1-13(20-7-14-4-15(8-20)6-16(5-14)9-20)24-19(26)17-2-3-18(22-10-17)25-12-21-11-23-25/h2-3,10-16H,4-9H2,1H3,(H,24,26). The van der Waals surface area contributed by atoms with Crippen molar-refractivity contribution in [2.24, 2.45) is 23.2 Å². The molecule has 0 aliphatic heterocycles. The lowest BCUT2D eigenvalue weighted by Gasteiger charge is -2.59. The first-order valence-electron chi connectivity index (χ1n) is 9.73. The molecule has 2 aromatic heterocycles. The highest BCUT2D eigenvalue weighted by atomic mass is 16.1. The van der Waals surface area contributed by atoms with Gasteiger partial charge < -0.3 is 5.32 Å². The molecule has 136 valence electrons. The van der Waals surface area contributed by atoms with Crippen molar-refractivity contribution in [3.05, 3.63) is 36.5 Å². The molecule has 4 saturated carbocycles. The van der Waals surface area contributed by atoms with Crippen molar-refractivity contribution in [3.8, 4) is 5.82 Å². The van der Waals surface area contributed by atoms with E-state index in [2.05, 4.69) is 27.3 Å². The lowest BCUT2D eigenvalue weighted by Crippen LogP contribution is -2.55. The molecule has 0 saturated heterocycles. The number of hydrogen-bond acceptors (Lipinski definition) is 4. The topological polar surface area (TPSA) is 72.7 Å². The summed E-state index contributed by atoms with van der Waals surface area (Å²) in [6.07, 6.45) is 12.8. The molecule has 0 spiro atoms. The van der Waals surface area contributed by atoms with Crippen LogP contribution >= 0.6 is 0 Å². The Labute approximate surface area is 153 Å². The van der Waals surface area contributed by atoms with E-state index in [1.54, 1.807) is 23.3 Å². The molecule has 6 rings (SSSR count). The SMILES string of the molecule is CC(NC(=O)c1ccc(-n2cncn2)nc1)C12CC3CC(CC(C3)C1)C2. The van der Waals surface area contributed by atoms with Crippen LogP contribution in [-0.2, 0) is 0 Å². The largest absolute Gasteiger partial charge is 0.349 e. The van der Waals surface area contributed by atoms with Gasteiger partial charge in [-0.3, -0.25) is 4.79 Å². The number of nitrogens with one attached hydrogen (secondary N) is 1. The zero-order valence-corrected chi connectivity index (χ0v) is 15.1. The van der Waals surface area contributed by atoms with Crippen molar-refractivity contribution < 1.29 is 4.79 Å². The summed E-state index contributed by atoms with van der Waals surface area (Å²) in [6.45, 7) is 2.21. The molecule has 6 heteroatoms. The van der Waals surface area contributed by atoms with Crippen LogP contribution in [-0.4, -0.2) is 31.7 Å². The monoisotopic (exact) mass is 351 g/mol. The number of carbonyl (C=O) groups is 1. The smallest absolute Gasteiger partial charge is 0.253 e. The molecule has 0 aromatic carbocycles. The summed E-state index contributed by atoms with van der Waals surface area (Å²) < 4.78 is 1.58. The molecule has 0 radical (unpaired) electrons. The highest BCUT2D eigenvalue weighted by Gasteiger charge is 2.53. The van der Waals surface area contributed by atoms with Crippen LogP contribution in [0.2, 0.25) is 0 Å². The average Bonchev–Trinajstić information content (AvgIpc) is 3.15. The van der Waals surface area contributed by atoms with Gasteiger partial charge in [-0.1, -0.05) is 0 Å². The molecule has 1 atom stereocenters. The molecule has 4 bridgehead atoms. The molecule has 4 aliphatic carbocycles. The van der Waals surface area contributed by atoms with Gasteiger partial charge >= 0.3 is 0 Å². The average molecular weight is 351 g/mol. The maximum Gasteiger partial charge on any atom is 0.253 e. The zero-order valence-electron chi connectivity index (χ0n) is 15.1. The third-order valence-corrected chi connectivity index (χ3v) is 7.02. The first-order valence-corrected chi connectivity index (χ1v) is 9.73. The van der Waals surface area contributed by atoms with E-state index in [1.165, 1.54) is 44.9 Å². The Morgan fingerprint density at radius 1 is 1.19 bits per heavy atom. The van der Waals surface area contributed by atoms with Crippen LogP contribution in [0.4, 0.5) is 0 Å². The molecular weight excluding hydrogens is 326 g/mol. The van der Waals surface area contributed by atoms with E-state index >= 15 is 0 Å². The fraction of sp³-hybridized carbons (Fsp3) is 0.600. The first-order chi connectivity index (χ1) is 12.6. The summed E-state index contributed by atoms with van der Waals surface area (Å²) in [5.74, 6) is 3.32. The van der Waals surface area contributed by atoms with E-state index < -0.39 is 0 Å². The number of aromatic nitrogens is 4. The summed E-state index contributed by atoms with van der Waals surface area (Å²) in [5.41, 5.74) is 0.920. The van der Waals surface area contributed by atoms with E-state index in [4.69, 9.17) is 0 Å². The van der Waals surface area contributed by atoms with Gasteiger partial charge in [-0.15, -0.1) is 0 Å². The molecule has 1 N–H and O–H groups in total. The van der Waals surface area contributed by atoms with E-state index in [-0.39, 0.29) is 11.9 Å². The summed E-state index contributed by atoms with van der Waals surface area (Å²) in [5, 5.41) is 7.35. The third-order valence-electron chi connectivity index (χ3n) is 7.02. The zero-order chi connectivity index (χ0) is 17.7. The van der Waals surface area contributed by atoms with Gasteiger partial charge in [0.25, 0.3) is 5.91 Å². The van der Waals surface area contributed by atoms with E-state index in [0.29, 0.717) is 16.8 Å². The molecule has 2 aromatic rings. The second-order valence-electron chi connectivity index (χ2n) is 8.72. The molecule has 26 heavy (non-hydrogen) atoms. The maximum atomic E-state index is 12.8. The quantitative estimate of drug-likeness (QED) is 0.919. The van der Waals surface area contributed by atoms with Crippen LogP contribution in [0.5, 0.6) is 0 Å². The van der Waals surface area contributed by atoms with Crippen LogP contribution in [0.1, 0.15) is 55.8 Å². The van der Waals surface area contributed by atoms with Crippen LogP contribution in [0.25, 0.3) is 5.82 Å². The Morgan fingerprint density at radius 3 is 2.42 bits per heavy atom. The van der Waals surface area contributed by atoms with Crippen LogP contribution in [0, 0.1) is 23.2 Å². The Kier molecular flexibility index (Phi) is 3.62. The van der Waals surface area contributed by atoms with Crippen LogP contribution in [0.15, 0.2) is 31.0 Å². The van der Waals surface area contributed by atoms with Crippen LogP contribution in [0.3, 0.4) is 0 Å². The Bertz CT molecular complexity index is 763. The molecule has 4 aliphatic rings. The fourth-order valence-electron chi connectivity index (χ4n) is 6.12. The van der Waals surface area contributed by atoms with Gasteiger partial charge in [-0.2, -0.15) is 5.10 Å². The second-order valence-corrected chi connectivity index (χ2v) is 8.72. The summed E-state index contributed by atoms with van der Waals surface area (Å²) >= 11 is 0. The number of amides is 1. The minimum atomic E-state index is -0.0223. The number of carbonyl (C=O) groups excluding carboxylic acids is 1. The number of hydrogen-bond donors (Lipinski definition) is 1. The van der Waals surface area contributed by atoms with Gasteiger partial charge in [0.2, 0.25) is 0 Å². The highest BCUT2D eigenvalue weighted by Crippen LogP contribution is 2.61. The van der Waals surface area contributed by atoms with E-state index in [9.17, 15) is 4.79 Å². The lowest BCUT2D eigenvalue weighted by atomic mass is 9.48. The van der Waals surface area contributed by atoms with E-state index in [0.717, 1.165) is 17.8 Å². The van der Waals surface area contributed by atoms with Crippen molar-refractivity contribution in [2.45, 2.75) is 51.5 Å². The van der Waals surface area contributed by atoms with Crippen molar-refractivity contribution in [1.29, 1.82) is 0 Å². The Hall–Kier alpha value is -2.24. The number of pyridine rings is 1. The normalized spacial score (nSPS) is 33.2. The molecule has 4 fully saturated rings. The first kappa shape index (κ1) is 16.0. The summed E-state index contributed by atoms with van der Waals surface area (Å²) in [7, 11) is 0. The molecule has 1 amide bonds. The van der Waals surface area contributed by atoms with Crippen molar-refractivity contribution in [1.82, 2.24) is 25.1 Å². The van der Waals surface area contributed by atoms with Crippen molar-refractivity contribution >= 4 is 5.91 Å². The summed E-state index contributed by atoms with van der Waals surface area (Å²) in [6, 6.07) is 3.84. The third kappa shape index (κ3) is 2.63. The fourth-order valence-corrected chi connectivity index (χ4v) is 6.12. The van der Waals surface area contributed by atoms with Crippen LogP contribution < -0.4 is 5.32 Å².